The van der Waals surface area contributed by atoms with Crippen molar-refractivity contribution in [2.24, 2.45) is 5.73 Å². The molecule has 0 radical (unpaired) electrons. The maximum absolute atomic E-state index is 14.9. The van der Waals surface area contributed by atoms with Gasteiger partial charge in [0.1, 0.15) is 11.9 Å². The Morgan fingerprint density at radius 3 is 2.42 bits per heavy atom. The average molecular weight is 528 g/mol. The summed E-state index contributed by atoms with van der Waals surface area (Å²) in [6.45, 7) is 3.23. The van der Waals surface area contributed by atoms with Gasteiger partial charge >= 0.3 is 12.1 Å². The molecule has 38 heavy (non-hydrogen) atoms. The van der Waals surface area contributed by atoms with Crippen LogP contribution in [0.15, 0.2) is 42.5 Å². The molecule has 2 saturated heterocycles. The normalized spacial score (nSPS) is 17.3. The van der Waals surface area contributed by atoms with E-state index >= 15 is 0 Å². The fraction of sp³-hybridized carbons (Fsp3) is 0.385. The first kappa shape index (κ1) is 26.9. The molecule has 1 atom stereocenters. The van der Waals surface area contributed by atoms with Gasteiger partial charge in [-0.25, -0.2) is 14.0 Å². The van der Waals surface area contributed by atoms with Crippen LogP contribution in [0, 0.1) is 5.82 Å². The number of cyclic esters (lactones) is 1. The van der Waals surface area contributed by atoms with Crippen LogP contribution in [0.5, 0.6) is 0 Å². The number of rotatable bonds is 8. The number of carbonyl (C=O) groups excluding carboxylic acids is 4. The molecule has 2 aliphatic heterocycles. The van der Waals surface area contributed by atoms with E-state index in [1.165, 1.54) is 23.1 Å². The van der Waals surface area contributed by atoms with Crippen molar-refractivity contribution in [2.75, 3.05) is 61.0 Å². The first-order valence-electron chi connectivity index (χ1n) is 12.4. The molecule has 0 bridgehead atoms. The topological polar surface area (TPSA) is 135 Å². The molecular weight excluding hydrogens is 497 g/mol. The van der Waals surface area contributed by atoms with E-state index < -0.39 is 30.6 Å². The van der Waals surface area contributed by atoms with Crippen LogP contribution in [0.4, 0.5) is 26.2 Å². The number of nitrogens with two attached hydrogens (primary N) is 1. The van der Waals surface area contributed by atoms with Crippen molar-refractivity contribution in [3.8, 4) is 0 Å². The minimum atomic E-state index is -0.646. The maximum atomic E-state index is 14.9. The summed E-state index contributed by atoms with van der Waals surface area (Å²) >= 11 is 0. The van der Waals surface area contributed by atoms with Crippen LogP contribution in [0.1, 0.15) is 23.7 Å². The quantitative estimate of drug-likeness (QED) is 0.498. The summed E-state index contributed by atoms with van der Waals surface area (Å²) in [5, 5.41) is 2.69. The largest absolute Gasteiger partial charge is 0.452 e. The second kappa shape index (κ2) is 11.9. The lowest BCUT2D eigenvalue weighted by atomic mass is 10.2. The van der Waals surface area contributed by atoms with Crippen LogP contribution in [-0.2, 0) is 19.1 Å². The van der Waals surface area contributed by atoms with Crippen molar-refractivity contribution in [2.45, 2.75) is 19.4 Å². The number of amides is 3. The molecule has 3 N–H and O–H groups in total. The minimum Gasteiger partial charge on any atom is -0.452 e. The van der Waals surface area contributed by atoms with E-state index in [2.05, 4.69) is 5.32 Å². The highest BCUT2D eigenvalue weighted by molar-refractivity contribution is 5.94. The van der Waals surface area contributed by atoms with E-state index in [4.69, 9.17) is 15.2 Å². The number of esters is 1. The zero-order valence-electron chi connectivity index (χ0n) is 21.0. The molecule has 2 fully saturated rings. The van der Waals surface area contributed by atoms with E-state index in [0.29, 0.717) is 49.7 Å². The number of piperazine rings is 1. The summed E-state index contributed by atoms with van der Waals surface area (Å²) in [5.74, 6) is -1.62. The van der Waals surface area contributed by atoms with Gasteiger partial charge in [-0.3, -0.25) is 14.5 Å². The number of benzene rings is 2. The fourth-order valence-electron chi connectivity index (χ4n) is 4.21. The summed E-state index contributed by atoms with van der Waals surface area (Å²) in [4.78, 5) is 53.1. The van der Waals surface area contributed by atoms with E-state index in [-0.39, 0.29) is 30.5 Å². The lowest BCUT2D eigenvalue weighted by Crippen LogP contribution is -2.50. The SMILES string of the molecule is CCC(=O)Nc1ccc(C(=O)OCC(=O)N2CCN(c3ccc(N4C[C@H](CN)OC4=O)cc3F)CC2)cc1. The van der Waals surface area contributed by atoms with Crippen molar-refractivity contribution < 1.29 is 33.0 Å². The third kappa shape index (κ3) is 6.20. The Balaban J connectivity index is 1.25. The van der Waals surface area contributed by atoms with Crippen LogP contribution in [0.3, 0.4) is 0 Å². The third-order valence-electron chi connectivity index (χ3n) is 6.41. The van der Waals surface area contributed by atoms with Gasteiger partial charge in [0.2, 0.25) is 5.91 Å². The second-order valence-electron chi connectivity index (χ2n) is 8.91. The van der Waals surface area contributed by atoms with Gasteiger partial charge in [-0.15, -0.1) is 0 Å². The summed E-state index contributed by atoms with van der Waals surface area (Å²) < 4.78 is 25.2. The van der Waals surface area contributed by atoms with Gasteiger partial charge < -0.3 is 30.3 Å². The first-order valence-corrected chi connectivity index (χ1v) is 12.4. The smallest absolute Gasteiger partial charge is 0.414 e. The molecule has 0 spiro atoms. The fourth-order valence-corrected chi connectivity index (χ4v) is 4.21. The van der Waals surface area contributed by atoms with Gasteiger partial charge in [0.05, 0.1) is 23.5 Å². The lowest BCUT2D eigenvalue weighted by molar-refractivity contribution is -0.134. The monoisotopic (exact) mass is 527 g/mol. The molecule has 0 aromatic heterocycles. The number of nitrogens with zero attached hydrogens (tertiary/aromatic N) is 3. The van der Waals surface area contributed by atoms with Gasteiger partial charge in [-0.2, -0.15) is 0 Å². The van der Waals surface area contributed by atoms with E-state index in [0.717, 1.165) is 0 Å². The number of halogens is 1. The number of ether oxygens (including phenoxy) is 2. The number of nitrogens with one attached hydrogen (secondary N) is 1. The zero-order valence-corrected chi connectivity index (χ0v) is 21.0. The van der Waals surface area contributed by atoms with Crippen molar-refractivity contribution in [3.05, 3.63) is 53.8 Å². The molecule has 0 saturated carbocycles. The minimum absolute atomic E-state index is 0.138. The Bertz CT molecular complexity index is 1200. The molecule has 11 nitrogen and oxygen atoms in total. The van der Waals surface area contributed by atoms with Gasteiger partial charge in [0.15, 0.2) is 6.61 Å². The molecule has 202 valence electrons. The van der Waals surface area contributed by atoms with Crippen LogP contribution >= 0.6 is 0 Å². The third-order valence-corrected chi connectivity index (χ3v) is 6.41. The first-order chi connectivity index (χ1) is 18.3. The molecular formula is C26H30FN5O6. The van der Waals surface area contributed by atoms with Crippen molar-refractivity contribution in [1.29, 1.82) is 0 Å². The maximum Gasteiger partial charge on any atom is 0.414 e. The average Bonchev–Trinajstić information content (AvgIpc) is 3.32. The summed E-state index contributed by atoms with van der Waals surface area (Å²) in [5.41, 5.74) is 7.14. The van der Waals surface area contributed by atoms with Crippen LogP contribution < -0.4 is 20.9 Å². The van der Waals surface area contributed by atoms with Crippen LogP contribution in [0.25, 0.3) is 0 Å². The predicted molar refractivity (Wildman–Crippen MR) is 138 cm³/mol. The molecule has 2 aliphatic rings. The van der Waals surface area contributed by atoms with E-state index in [9.17, 15) is 23.6 Å². The molecule has 0 aliphatic carbocycles. The number of hydrogen-bond donors (Lipinski definition) is 2. The van der Waals surface area contributed by atoms with E-state index in [1.54, 1.807) is 36.1 Å². The summed E-state index contributed by atoms with van der Waals surface area (Å²) in [6.07, 6.45) is -0.637. The van der Waals surface area contributed by atoms with Crippen molar-refractivity contribution in [3.63, 3.8) is 0 Å². The van der Waals surface area contributed by atoms with Gasteiger partial charge in [0.25, 0.3) is 5.91 Å². The summed E-state index contributed by atoms with van der Waals surface area (Å²) in [7, 11) is 0. The number of carbonyl (C=O) groups is 4. The molecule has 2 aromatic carbocycles. The highest BCUT2D eigenvalue weighted by atomic mass is 19.1. The lowest BCUT2D eigenvalue weighted by Gasteiger charge is -2.36. The molecule has 3 amide bonds. The summed E-state index contributed by atoms with van der Waals surface area (Å²) in [6, 6.07) is 10.7. The van der Waals surface area contributed by atoms with Gasteiger partial charge in [-0.1, -0.05) is 6.92 Å². The highest BCUT2D eigenvalue weighted by Gasteiger charge is 2.32. The Morgan fingerprint density at radius 1 is 1.11 bits per heavy atom. The Hall–Kier alpha value is -4.19. The Kier molecular flexibility index (Phi) is 8.41. The zero-order chi connectivity index (χ0) is 27.2. The van der Waals surface area contributed by atoms with Crippen LogP contribution in [-0.4, -0.2) is 80.8 Å². The Morgan fingerprint density at radius 2 is 1.82 bits per heavy atom. The molecule has 2 heterocycles. The van der Waals surface area contributed by atoms with Crippen molar-refractivity contribution >= 4 is 40.9 Å². The second-order valence-corrected chi connectivity index (χ2v) is 8.91. The predicted octanol–water partition coefficient (Wildman–Crippen LogP) is 1.96. The van der Waals surface area contributed by atoms with Gasteiger partial charge in [0, 0.05) is 44.8 Å². The molecule has 12 heteroatoms. The van der Waals surface area contributed by atoms with Crippen molar-refractivity contribution in [1.82, 2.24) is 4.90 Å². The number of anilines is 3. The highest BCUT2D eigenvalue weighted by Crippen LogP contribution is 2.28. The molecule has 0 unspecified atom stereocenters. The number of hydrogen-bond acceptors (Lipinski definition) is 8. The van der Waals surface area contributed by atoms with Gasteiger partial charge in [-0.05, 0) is 42.5 Å². The standard InChI is InChI=1S/C26H30FN5O6/c1-2-23(33)29-18-5-3-17(4-6-18)25(35)37-16-24(34)31-11-9-30(10-12-31)22-8-7-19(13-21(22)27)32-15-20(14-28)38-26(32)36/h3-8,13,20H,2,9-12,14-16,28H2,1H3,(H,29,33)/t20-/m0/s1. The Labute approximate surface area is 219 Å². The molecule has 4 rings (SSSR count). The van der Waals surface area contributed by atoms with Crippen LogP contribution in [0.2, 0.25) is 0 Å². The molecule has 2 aromatic rings. The van der Waals surface area contributed by atoms with E-state index in [1.807, 2.05) is 4.90 Å².